The predicted octanol–water partition coefficient (Wildman–Crippen LogP) is 3.33. The molecule has 0 saturated carbocycles. The maximum absolute atomic E-state index is 14.5. The molecule has 2 aliphatic rings. The Labute approximate surface area is 204 Å². The number of aromatic nitrogens is 3. The van der Waals surface area contributed by atoms with Crippen LogP contribution < -0.4 is 10.1 Å². The molecule has 2 aliphatic heterocycles. The number of halogens is 1. The molecule has 184 valence electrons. The molecule has 0 amide bonds. The molecule has 5 rings (SSSR count). The van der Waals surface area contributed by atoms with E-state index in [1.165, 1.54) is 6.07 Å². The molecule has 0 radical (unpaired) electrons. The summed E-state index contributed by atoms with van der Waals surface area (Å²) < 4.78 is 25.8. The van der Waals surface area contributed by atoms with Gasteiger partial charge in [-0.1, -0.05) is 6.07 Å². The molecule has 0 unspecified atom stereocenters. The fraction of sp³-hybridized carbons (Fsp3) is 0.462. The molecule has 0 bridgehead atoms. The molecule has 4 heterocycles. The molecule has 8 nitrogen and oxygen atoms in total. The molecule has 3 aromatic rings. The molecule has 2 fully saturated rings. The lowest BCUT2D eigenvalue weighted by Gasteiger charge is -2.33. The molecule has 0 aliphatic carbocycles. The number of nitrogens with zero attached hydrogens (tertiary/aromatic N) is 5. The molecule has 35 heavy (non-hydrogen) atoms. The molecule has 2 aromatic heterocycles. The lowest BCUT2D eigenvalue weighted by molar-refractivity contribution is -0.0461. The van der Waals surface area contributed by atoms with Crippen molar-refractivity contribution in [3.63, 3.8) is 0 Å². The van der Waals surface area contributed by atoms with Crippen LogP contribution in [0.15, 0.2) is 47.7 Å². The summed E-state index contributed by atoms with van der Waals surface area (Å²) in [5, 5.41) is 3.43. The van der Waals surface area contributed by atoms with Gasteiger partial charge in [-0.3, -0.25) is 19.9 Å². The summed E-state index contributed by atoms with van der Waals surface area (Å²) in [6.45, 7) is 4.59. The molecule has 1 atom stereocenters. The van der Waals surface area contributed by atoms with Gasteiger partial charge in [-0.05, 0) is 44.5 Å². The van der Waals surface area contributed by atoms with Crippen LogP contribution in [-0.2, 0) is 11.3 Å². The third-order valence-electron chi connectivity index (χ3n) is 6.73. The quantitative estimate of drug-likeness (QED) is 0.393. The Morgan fingerprint density at radius 2 is 1.94 bits per heavy atom. The van der Waals surface area contributed by atoms with Gasteiger partial charge < -0.3 is 14.8 Å². The first kappa shape index (κ1) is 23.6. The van der Waals surface area contributed by atoms with E-state index in [1.54, 1.807) is 18.5 Å². The molecule has 9 heteroatoms. The summed E-state index contributed by atoms with van der Waals surface area (Å²) in [4.78, 5) is 20.0. The zero-order chi connectivity index (χ0) is 24.0. The van der Waals surface area contributed by atoms with E-state index in [0.29, 0.717) is 34.5 Å². The number of aliphatic imine (C=N–C) groups is 1. The Balaban J connectivity index is 1.14. The van der Waals surface area contributed by atoms with Crippen molar-refractivity contribution in [2.75, 3.05) is 39.8 Å². The van der Waals surface area contributed by atoms with Crippen LogP contribution in [0.5, 0.6) is 5.88 Å². The van der Waals surface area contributed by atoms with Gasteiger partial charge in [-0.2, -0.15) is 0 Å². The standard InChI is InChI=1S/C26H31FN6O2/c1-28-25(31-15-20-7-12-34-20)16-33-10-5-18(6-11-33)22-3-2-4-26(32-22)35-17-19-13-23-24(14-21(19)27)30-9-8-29-23/h2-4,8-9,13-14,18,20H,5-7,10-12,15-17H2,1H3,(H,28,31)/t20-/m0/s1. The van der Waals surface area contributed by atoms with E-state index in [9.17, 15) is 4.39 Å². The van der Waals surface area contributed by atoms with Crippen LogP contribution in [0.1, 0.15) is 36.4 Å². The van der Waals surface area contributed by atoms with Gasteiger partial charge in [0, 0.05) is 61.9 Å². The van der Waals surface area contributed by atoms with Crippen LogP contribution in [0, 0.1) is 5.82 Å². The van der Waals surface area contributed by atoms with E-state index < -0.39 is 0 Å². The normalized spacial score (nSPS) is 19.5. The number of ether oxygens (including phenoxy) is 2. The number of fused-ring (bicyclic) bond motifs is 1. The summed E-state index contributed by atoms with van der Waals surface area (Å²) in [6.07, 6.45) is 6.64. The average molecular weight is 479 g/mol. The lowest BCUT2D eigenvalue weighted by atomic mass is 9.93. The summed E-state index contributed by atoms with van der Waals surface area (Å²) in [7, 11) is 1.84. The van der Waals surface area contributed by atoms with Crippen molar-refractivity contribution >= 4 is 16.9 Å². The van der Waals surface area contributed by atoms with Crippen molar-refractivity contribution in [3.8, 4) is 5.88 Å². The van der Waals surface area contributed by atoms with Crippen LogP contribution in [0.25, 0.3) is 11.0 Å². The van der Waals surface area contributed by atoms with Gasteiger partial charge in [0.05, 0.1) is 23.7 Å². The second kappa shape index (κ2) is 11.0. The fourth-order valence-electron chi connectivity index (χ4n) is 4.51. The topological polar surface area (TPSA) is 84.8 Å². The van der Waals surface area contributed by atoms with Crippen molar-refractivity contribution in [1.29, 1.82) is 0 Å². The molecule has 1 N–H and O–H groups in total. The first-order valence-electron chi connectivity index (χ1n) is 12.2. The monoisotopic (exact) mass is 478 g/mol. The highest BCUT2D eigenvalue weighted by molar-refractivity contribution is 5.84. The summed E-state index contributed by atoms with van der Waals surface area (Å²) >= 11 is 0. The van der Waals surface area contributed by atoms with Crippen LogP contribution in [0.4, 0.5) is 4.39 Å². The van der Waals surface area contributed by atoms with E-state index in [2.05, 4.69) is 31.2 Å². The van der Waals surface area contributed by atoms with Crippen molar-refractivity contribution in [3.05, 3.63) is 59.8 Å². The van der Waals surface area contributed by atoms with E-state index >= 15 is 0 Å². The zero-order valence-corrected chi connectivity index (χ0v) is 20.0. The van der Waals surface area contributed by atoms with E-state index in [1.807, 2.05) is 19.2 Å². The van der Waals surface area contributed by atoms with Gasteiger partial charge >= 0.3 is 0 Å². The predicted molar refractivity (Wildman–Crippen MR) is 132 cm³/mol. The zero-order valence-electron chi connectivity index (χ0n) is 20.0. The lowest BCUT2D eigenvalue weighted by Crippen LogP contribution is -2.45. The minimum absolute atomic E-state index is 0.0886. The second-order valence-corrected chi connectivity index (χ2v) is 9.06. The van der Waals surface area contributed by atoms with Gasteiger partial charge in [0.2, 0.25) is 5.88 Å². The van der Waals surface area contributed by atoms with Crippen molar-refractivity contribution in [2.24, 2.45) is 4.99 Å². The Hall–Kier alpha value is -3.17. The summed E-state index contributed by atoms with van der Waals surface area (Å²) in [6, 6.07) is 8.90. The van der Waals surface area contributed by atoms with Crippen LogP contribution >= 0.6 is 0 Å². The Bertz CT molecular complexity index is 1180. The van der Waals surface area contributed by atoms with E-state index in [0.717, 1.165) is 63.6 Å². The van der Waals surface area contributed by atoms with Gasteiger partial charge in [-0.25, -0.2) is 9.37 Å². The van der Waals surface area contributed by atoms with E-state index in [4.69, 9.17) is 14.5 Å². The largest absolute Gasteiger partial charge is 0.473 e. The highest BCUT2D eigenvalue weighted by atomic mass is 19.1. The number of piperidine rings is 1. The van der Waals surface area contributed by atoms with Gasteiger partial charge in [0.15, 0.2) is 0 Å². The highest BCUT2D eigenvalue weighted by Crippen LogP contribution is 2.28. The number of benzene rings is 1. The number of likely N-dealkylation sites (tertiary alicyclic amines) is 1. The molecule has 2 saturated heterocycles. The second-order valence-electron chi connectivity index (χ2n) is 9.06. The van der Waals surface area contributed by atoms with Gasteiger partial charge in [0.25, 0.3) is 0 Å². The molecule has 1 aromatic carbocycles. The third kappa shape index (κ3) is 5.91. The summed E-state index contributed by atoms with van der Waals surface area (Å²) in [5.41, 5.74) is 2.63. The number of amidine groups is 1. The number of rotatable bonds is 8. The smallest absolute Gasteiger partial charge is 0.213 e. The van der Waals surface area contributed by atoms with E-state index in [-0.39, 0.29) is 12.4 Å². The molecular weight excluding hydrogens is 447 g/mol. The van der Waals surface area contributed by atoms with Crippen molar-refractivity contribution in [2.45, 2.75) is 37.9 Å². The van der Waals surface area contributed by atoms with Gasteiger partial charge in [-0.15, -0.1) is 0 Å². The van der Waals surface area contributed by atoms with Crippen LogP contribution in [0.3, 0.4) is 0 Å². The Kier molecular flexibility index (Phi) is 7.44. The molecule has 0 spiro atoms. The van der Waals surface area contributed by atoms with Crippen molar-refractivity contribution in [1.82, 2.24) is 25.2 Å². The minimum atomic E-state index is -0.355. The Morgan fingerprint density at radius 1 is 1.17 bits per heavy atom. The minimum Gasteiger partial charge on any atom is -0.473 e. The fourth-order valence-corrected chi connectivity index (χ4v) is 4.51. The van der Waals surface area contributed by atoms with Crippen LogP contribution in [0.2, 0.25) is 0 Å². The first-order chi connectivity index (χ1) is 17.2. The van der Waals surface area contributed by atoms with Gasteiger partial charge in [0.1, 0.15) is 18.3 Å². The number of nitrogens with one attached hydrogen (secondary N) is 1. The number of hydrogen-bond donors (Lipinski definition) is 1. The highest BCUT2D eigenvalue weighted by Gasteiger charge is 2.24. The average Bonchev–Trinajstić information content (AvgIpc) is 2.86. The number of pyridine rings is 1. The first-order valence-corrected chi connectivity index (χ1v) is 12.2. The third-order valence-corrected chi connectivity index (χ3v) is 6.73. The number of hydrogen-bond acceptors (Lipinski definition) is 7. The maximum Gasteiger partial charge on any atom is 0.213 e. The van der Waals surface area contributed by atoms with Crippen LogP contribution in [-0.4, -0.2) is 71.6 Å². The summed E-state index contributed by atoms with van der Waals surface area (Å²) in [5.74, 6) is 1.54. The van der Waals surface area contributed by atoms with Crippen molar-refractivity contribution < 1.29 is 13.9 Å². The molecular formula is C26H31FN6O2. The maximum atomic E-state index is 14.5. The Morgan fingerprint density at radius 3 is 2.66 bits per heavy atom. The SMILES string of the molecule is CN=C(CN1CCC(c2cccc(OCc3cc4nccnc4cc3F)n2)CC1)NC[C@@H]1CCO1.